The predicted molar refractivity (Wildman–Crippen MR) is 79.8 cm³/mol. The van der Waals surface area contributed by atoms with Gasteiger partial charge < -0.3 is 4.74 Å². The Kier molecular flexibility index (Phi) is 3.60. The van der Waals surface area contributed by atoms with Gasteiger partial charge in [0, 0.05) is 29.0 Å². The number of esters is 1. The van der Waals surface area contributed by atoms with Crippen LogP contribution in [0, 0.1) is 6.92 Å². The van der Waals surface area contributed by atoms with Gasteiger partial charge in [0.15, 0.2) is 0 Å². The summed E-state index contributed by atoms with van der Waals surface area (Å²) >= 11 is 0. The van der Waals surface area contributed by atoms with Crippen molar-refractivity contribution in [3.05, 3.63) is 71.7 Å². The van der Waals surface area contributed by atoms with Crippen molar-refractivity contribution in [3.63, 3.8) is 0 Å². The van der Waals surface area contributed by atoms with Crippen LogP contribution in [0.1, 0.15) is 21.6 Å². The van der Waals surface area contributed by atoms with Crippen LogP contribution in [0.15, 0.2) is 54.9 Å². The summed E-state index contributed by atoms with van der Waals surface area (Å²) in [5.41, 5.74) is 3.00. The molecule has 0 unspecified atom stereocenters. The third-order valence-electron chi connectivity index (χ3n) is 3.16. The third-order valence-corrected chi connectivity index (χ3v) is 3.16. The van der Waals surface area contributed by atoms with Crippen LogP contribution < -0.4 is 0 Å². The van der Waals surface area contributed by atoms with Crippen LogP contribution in [0.2, 0.25) is 0 Å². The fourth-order valence-corrected chi connectivity index (χ4v) is 2.19. The van der Waals surface area contributed by atoms with E-state index in [0.29, 0.717) is 5.56 Å². The quantitative estimate of drug-likeness (QED) is 0.690. The van der Waals surface area contributed by atoms with Gasteiger partial charge in [0.25, 0.3) is 0 Å². The molecule has 0 amide bonds. The molecule has 1 aromatic carbocycles. The molecular formula is C17H14N2O2. The van der Waals surface area contributed by atoms with E-state index in [-0.39, 0.29) is 12.6 Å². The van der Waals surface area contributed by atoms with E-state index < -0.39 is 0 Å². The zero-order chi connectivity index (χ0) is 14.7. The highest BCUT2D eigenvalue weighted by atomic mass is 16.5. The average Bonchev–Trinajstić information content (AvgIpc) is 2.52. The molecule has 21 heavy (non-hydrogen) atoms. The number of fused-ring (bicyclic) bond motifs is 1. The molecule has 0 bridgehead atoms. The van der Waals surface area contributed by atoms with Crippen molar-refractivity contribution in [1.82, 2.24) is 9.97 Å². The van der Waals surface area contributed by atoms with Crippen molar-refractivity contribution < 1.29 is 9.53 Å². The molecule has 0 saturated carbocycles. The van der Waals surface area contributed by atoms with E-state index in [2.05, 4.69) is 9.97 Å². The number of carbonyl (C=O) groups excluding carboxylic acids is 1. The van der Waals surface area contributed by atoms with Gasteiger partial charge in [-0.15, -0.1) is 0 Å². The molecule has 0 N–H and O–H groups in total. The number of carbonyl (C=O) groups is 1. The number of nitrogens with zero attached hydrogens (tertiary/aromatic N) is 2. The van der Waals surface area contributed by atoms with Crippen LogP contribution in [-0.4, -0.2) is 15.9 Å². The van der Waals surface area contributed by atoms with Crippen molar-refractivity contribution in [3.8, 4) is 0 Å². The van der Waals surface area contributed by atoms with Crippen LogP contribution in [0.4, 0.5) is 0 Å². The second-order valence-corrected chi connectivity index (χ2v) is 4.77. The summed E-state index contributed by atoms with van der Waals surface area (Å²) in [6.07, 6.45) is 3.37. The fraction of sp³-hybridized carbons (Fsp3) is 0.118. The van der Waals surface area contributed by atoms with Crippen LogP contribution in [0.5, 0.6) is 0 Å². The van der Waals surface area contributed by atoms with Gasteiger partial charge in [-0.25, -0.2) is 4.79 Å². The number of hydrogen-bond acceptors (Lipinski definition) is 4. The fourth-order valence-electron chi connectivity index (χ4n) is 2.19. The SMILES string of the molecule is Cc1cc(C(=O)OCc2cccnc2)c2ccccc2n1. The van der Waals surface area contributed by atoms with Crippen LogP contribution in [-0.2, 0) is 11.3 Å². The highest BCUT2D eigenvalue weighted by Gasteiger charge is 2.13. The lowest BCUT2D eigenvalue weighted by Gasteiger charge is -2.08. The van der Waals surface area contributed by atoms with E-state index >= 15 is 0 Å². The predicted octanol–water partition coefficient (Wildman–Crippen LogP) is 3.30. The van der Waals surface area contributed by atoms with Gasteiger partial charge in [-0.1, -0.05) is 24.3 Å². The highest BCUT2D eigenvalue weighted by molar-refractivity contribution is 6.03. The Morgan fingerprint density at radius 3 is 2.86 bits per heavy atom. The summed E-state index contributed by atoms with van der Waals surface area (Å²) in [4.78, 5) is 20.7. The zero-order valence-corrected chi connectivity index (χ0v) is 11.6. The molecule has 0 saturated heterocycles. The van der Waals surface area contributed by atoms with E-state index in [0.717, 1.165) is 22.2 Å². The lowest BCUT2D eigenvalue weighted by molar-refractivity contribution is 0.0474. The molecule has 4 heteroatoms. The lowest BCUT2D eigenvalue weighted by atomic mass is 10.1. The molecule has 0 radical (unpaired) electrons. The van der Waals surface area contributed by atoms with Gasteiger partial charge in [-0.2, -0.15) is 0 Å². The first-order valence-corrected chi connectivity index (χ1v) is 6.66. The Morgan fingerprint density at radius 1 is 1.19 bits per heavy atom. The van der Waals surface area contributed by atoms with Gasteiger partial charge in [0.1, 0.15) is 6.61 Å². The molecule has 0 fully saturated rings. The van der Waals surface area contributed by atoms with Gasteiger partial charge in [-0.05, 0) is 25.1 Å². The number of aromatic nitrogens is 2. The number of aryl methyl sites for hydroxylation is 1. The number of hydrogen-bond donors (Lipinski definition) is 0. The first-order valence-electron chi connectivity index (χ1n) is 6.66. The van der Waals surface area contributed by atoms with E-state index in [1.165, 1.54) is 0 Å². The van der Waals surface area contributed by atoms with E-state index in [1.54, 1.807) is 18.5 Å². The number of pyridine rings is 2. The van der Waals surface area contributed by atoms with Crippen LogP contribution in [0.25, 0.3) is 10.9 Å². The highest BCUT2D eigenvalue weighted by Crippen LogP contribution is 2.19. The first kappa shape index (κ1) is 13.2. The second-order valence-electron chi connectivity index (χ2n) is 4.77. The van der Waals surface area contributed by atoms with Crippen molar-refractivity contribution >= 4 is 16.9 Å². The Hall–Kier alpha value is -2.75. The number of rotatable bonds is 3. The van der Waals surface area contributed by atoms with Gasteiger partial charge in [0.05, 0.1) is 11.1 Å². The smallest absolute Gasteiger partial charge is 0.339 e. The summed E-state index contributed by atoms with van der Waals surface area (Å²) in [5, 5.41) is 0.805. The molecule has 2 aromatic heterocycles. The largest absolute Gasteiger partial charge is 0.457 e. The normalized spacial score (nSPS) is 10.5. The minimum atomic E-state index is -0.347. The minimum absolute atomic E-state index is 0.211. The molecule has 0 atom stereocenters. The number of benzene rings is 1. The summed E-state index contributed by atoms with van der Waals surface area (Å²) in [5.74, 6) is -0.347. The summed E-state index contributed by atoms with van der Waals surface area (Å²) in [7, 11) is 0. The summed E-state index contributed by atoms with van der Waals surface area (Å²) in [6.45, 7) is 2.08. The maximum atomic E-state index is 12.3. The molecule has 104 valence electrons. The monoisotopic (exact) mass is 278 g/mol. The lowest BCUT2D eigenvalue weighted by Crippen LogP contribution is -2.07. The molecular weight excluding hydrogens is 264 g/mol. The molecule has 0 aliphatic heterocycles. The molecule has 3 rings (SSSR count). The van der Waals surface area contributed by atoms with Crippen LogP contribution in [0.3, 0.4) is 0 Å². The molecule has 0 aliphatic rings. The number of para-hydroxylation sites is 1. The number of ether oxygens (including phenoxy) is 1. The van der Waals surface area contributed by atoms with E-state index in [9.17, 15) is 4.79 Å². The topological polar surface area (TPSA) is 52.1 Å². The van der Waals surface area contributed by atoms with Gasteiger partial charge >= 0.3 is 5.97 Å². The zero-order valence-electron chi connectivity index (χ0n) is 11.6. The van der Waals surface area contributed by atoms with Crippen molar-refractivity contribution in [2.75, 3.05) is 0 Å². The van der Waals surface area contributed by atoms with Gasteiger partial charge in [-0.3, -0.25) is 9.97 Å². The maximum Gasteiger partial charge on any atom is 0.339 e. The van der Waals surface area contributed by atoms with Gasteiger partial charge in [0.2, 0.25) is 0 Å². The first-order chi connectivity index (χ1) is 10.2. The Balaban J connectivity index is 1.88. The van der Waals surface area contributed by atoms with Crippen molar-refractivity contribution in [1.29, 1.82) is 0 Å². The molecule has 3 aromatic rings. The Bertz CT molecular complexity index is 785. The third kappa shape index (κ3) is 2.89. The van der Waals surface area contributed by atoms with E-state index in [1.807, 2.05) is 43.3 Å². The molecule has 0 spiro atoms. The van der Waals surface area contributed by atoms with Crippen molar-refractivity contribution in [2.45, 2.75) is 13.5 Å². The standard InChI is InChI=1S/C17H14N2O2/c1-12-9-15(14-6-2-3-7-16(14)19-12)17(20)21-11-13-5-4-8-18-10-13/h2-10H,11H2,1H3. The van der Waals surface area contributed by atoms with Crippen molar-refractivity contribution in [2.24, 2.45) is 0 Å². The van der Waals surface area contributed by atoms with E-state index in [4.69, 9.17) is 4.74 Å². The average molecular weight is 278 g/mol. The molecule has 2 heterocycles. The Morgan fingerprint density at radius 2 is 2.05 bits per heavy atom. The summed E-state index contributed by atoms with van der Waals surface area (Å²) < 4.78 is 5.37. The maximum absolute atomic E-state index is 12.3. The minimum Gasteiger partial charge on any atom is -0.457 e. The molecule has 4 nitrogen and oxygen atoms in total. The van der Waals surface area contributed by atoms with Crippen LogP contribution >= 0.6 is 0 Å². The summed E-state index contributed by atoms with van der Waals surface area (Å²) in [6, 6.07) is 13.0. The molecule has 0 aliphatic carbocycles. The Labute approximate surface area is 122 Å². The second kappa shape index (κ2) is 5.71.